The van der Waals surface area contributed by atoms with Crippen molar-refractivity contribution in [2.75, 3.05) is 18.4 Å². The number of urea groups is 1. The Morgan fingerprint density at radius 2 is 2.20 bits per heavy atom. The maximum atomic E-state index is 12.0. The monoisotopic (exact) mass is 295 g/mol. The zero-order valence-electron chi connectivity index (χ0n) is 10.9. The van der Waals surface area contributed by atoms with Gasteiger partial charge in [-0.25, -0.2) is 4.79 Å². The summed E-state index contributed by atoms with van der Waals surface area (Å²) in [6.45, 7) is 2.20. The molecule has 0 spiro atoms. The molecule has 7 heteroatoms. The number of hydrogen-bond donors (Lipinski definition) is 2. The third kappa shape index (κ3) is 4.44. The Labute approximate surface area is 121 Å². The number of rotatable bonds is 5. The summed E-state index contributed by atoms with van der Waals surface area (Å²) in [6, 6.07) is 6.02. The molecule has 0 saturated carbocycles. The fourth-order valence-electron chi connectivity index (χ4n) is 1.55. The van der Waals surface area contributed by atoms with E-state index in [2.05, 4.69) is 5.32 Å². The first-order valence-corrected chi connectivity index (χ1v) is 6.33. The van der Waals surface area contributed by atoms with Crippen LogP contribution in [-0.4, -0.2) is 35.1 Å². The van der Waals surface area contributed by atoms with E-state index in [1.807, 2.05) is 6.07 Å². The van der Waals surface area contributed by atoms with Crippen LogP contribution >= 0.6 is 11.6 Å². The van der Waals surface area contributed by atoms with Crippen LogP contribution in [0.25, 0.3) is 0 Å². The summed E-state index contributed by atoms with van der Waals surface area (Å²) >= 11 is 5.82. The Bertz CT molecular complexity index is 554. The molecule has 0 bridgehead atoms. The number of carboxylic acids is 1. The van der Waals surface area contributed by atoms with E-state index in [9.17, 15) is 9.59 Å². The maximum Gasteiger partial charge on any atom is 0.321 e. The fraction of sp³-hybridized carbons (Fsp3) is 0.308. The van der Waals surface area contributed by atoms with Gasteiger partial charge in [-0.3, -0.25) is 4.79 Å². The largest absolute Gasteiger partial charge is 0.481 e. The highest BCUT2D eigenvalue weighted by molar-refractivity contribution is 6.31. The maximum absolute atomic E-state index is 12.0. The lowest BCUT2D eigenvalue weighted by atomic mass is 10.2. The van der Waals surface area contributed by atoms with Crippen molar-refractivity contribution in [1.29, 1.82) is 5.26 Å². The average Bonchev–Trinajstić information content (AvgIpc) is 2.39. The third-order valence-corrected chi connectivity index (χ3v) is 2.84. The van der Waals surface area contributed by atoms with Gasteiger partial charge in [0.25, 0.3) is 0 Å². The van der Waals surface area contributed by atoms with Crippen molar-refractivity contribution in [3.8, 4) is 6.07 Å². The van der Waals surface area contributed by atoms with Crippen LogP contribution in [-0.2, 0) is 4.79 Å². The molecule has 0 aliphatic carbocycles. The molecular weight excluding hydrogens is 282 g/mol. The molecule has 20 heavy (non-hydrogen) atoms. The van der Waals surface area contributed by atoms with Crippen LogP contribution in [0, 0.1) is 11.3 Å². The summed E-state index contributed by atoms with van der Waals surface area (Å²) in [6.07, 6.45) is -0.137. The first kappa shape index (κ1) is 15.8. The van der Waals surface area contributed by atoms with Crippen LogP contribution in [0.1, 0.15) is 18.9 Å². The number of carboxylic acid groups (broad SMARTS) is 1. The second-order valence-corrected chi connectivity index (χ2v) is 4.39. The van der Waals surface area contributed by atoms with E-state index in [4.69, 9.17) is 22.0 Å². The molecule has 6 nitrogen and oxygen atoms in total. The number of carbonyl (C=O) groups is 2. The van der Waals surface area contributed by atoms with E-state index in [-0.39, 0.29) is 18.5 Å². The Hall–Kier alpha value is -2.26. The van der Waals surface area contributed by atoms with Crippen LogP contribution in [0.2, 0.25) is 5.02 Å². The summed E-state index contributed by atoms with van der Waals surface area (Å²) in [7, 11) is 0. The molecule has 1 aromatic carbocycles. The second kappa shape index (κ2) is 7.36. The highest BCUT2D eigenvalue weighted by Gasteiger charge is 2.14. The van der Waals surface area contributed by atoms with Crippen molar-refractivity contribution in [3.05, 3.63) is 28.8 Å². The lowest BCUT2D eigenvalue weighted by molar-refractivity contribution is -0.137. The number of halogens is 1. The Balaban J connectivity index is 2.81. The number of benzene rings is 1. The molecule has 2 N–H and O–H groups in total. The van der Waals surface area contributed by atoms with Gasteiger partial charge in [0.15, 0.2) is 0 Å². The number of carbonyl (C=O) groups excluding carboxylic acids is 1. The number of nitrogens with zero attached hydrogens (tertiary/aromatic N) is 2. The van der Waals surface area contributed by atoms with E-state index in [1.165, 1.54) is 17.0 Å². The predicted molar refractivity (Wildman–Crippen MR) is 74.7 cm³/mol. The molecule has 106 valence electrons. The SMILES string of the molecule is CCN(CCC(=O)O)C(=O)Nc1cc(Cl)ccc1C#N. The average molecular weight is 296 g/mol. The molecular formula is C13H14ClN3O3. The summed E-state index contributed by atoms with van der Waals surface area (Å²) < 4.78 is 0. The van der Waals surface area contributed by atoms with Crippen LogP contribution in [0.15, 0.2) is 18.2 Å². The lowest BCUT2D eigenvalue weighted by Gasteiger charge is -2.20. The molecule has 0 aliphatic heterocycles. The summed E-state index contributed by atoms with van der Waals surface area (Å²) in [5, 5.41) is 20.5. The Morgan fingerprint density at radius 1 is 1.50 bits per heavy atom. The number of amides is 2. The van der Waals surface area contributed by atoms with Gasteiger partial charge < -0.3 is 15.3 Å². The number of hydrogen-bond acceptors (Lipinski definition) is 3. The van der Waals surface area contributed by atoms with Crippen molar-refractivity contribution in [3.63, 3.8) is 0 Å². The molecule has 2 amide bonds. The molecule has 0 aromatic heterocycles. The van der Waals surface area contributed by atoms with Crippen LogP contribution in [0.5, 0.6) is 0 Å². The molecule has 0 atom stereocenters. The summed E-state index contributed by atoms with van der Waals surface area (Å²) in [4.78, 5) is 23.9. The third-order valence-electron chi connectivity index (χ3n) is 2.61. The molecule has 0 aliphatic rings. The minimum absolute atomic E-state index is 0.0973. The Kier molecular flexibility index (Phi) is 5.81. The topological polar surface area (TPSA) is 93.4 Å². The quantitative estimate of drug-likeness (QED) is 0.873. The van der Waals surface area contributed by atoms with Crippen LogP contribution in [0.3, 0.4) is 0 Å². The highest BCUT2D eigenvalue weighted by atomic mass is 35.5. The molecule has 0 saturated heterocycles. The molecule has 0 fully saturated rings. The van der Waals surface area contributed by atoms with Gasteiger partial charge in [0, 0.05) is 18.1 Å². The van der Waals surface area contributed by atoms with Crippen molar-refractivity contribution >= 4 is 29.3 Å². The lowest BCUT2D eigenvalue weighted by Crippen LogP contribution is -2.36. The minimum atomic E-state index is -0.975. The molecule has 0 unspecified atom stereocenters. The van der Waals surface area contributed by atoms with E-state index in [0.717, 1.165) is 0 Å². The van der Waals surface area contributed by atoms with Crippen molar-refractivity contribution in [1.82, 2.24) is 4.90 Å². The molecule has 0 radical (unpaired) electrons. The van der Waals surface area contributed by atoms with Gasteiger partial charge in [-0.1, -0.05) is 11.6 Å². The molecule has 1 aromatic rings. The van der Waals surface area contributed by atoms with Gasteiger partial charge in [0.05, 0.1) is 17.7 Å². The van der Waals surface area contributed by atoms with Crippen LogP contribution < -0.4 is 5.32 Å². The smallest absolute Gasteiger partial charge is 0.321 e. The van der Waals surface area contributed by atoms with Crippen molar-refractivity contribution < 1.29 is 14.7 Å². The normalized spacial score (nSPS) is 9.65. The second-order valence-electron chi connectivity index (χ2n) is 3.96. The standard InChI is InChI=1S/C13H14ClN3O3/c1-2-17(6-5-12(18)19)13(20)16-11-7-10(14)4-3-9(11)8-15/h3-4,7H,2,5-6H2,1H3,(H,16,20)(H,18,19). The van der Waals surface area contributed by atoms with Gasteiger partial charge >= 0.3 is 12.0 Å². The summed E-state index contributed by atoms with van der Waals surface area (Å²) in [5.41, 5.74) is 0.593. The van der Waals surface area contributed by atoms with Gasteiger partial charge in [0.1, 0.15) is 6.07 Å². The van der Waals surface area contributed by atoms with E-state index >= 15 is 0 Å². The first-order valence-electron chi connectivity index (χ1n) is 5.95. The van der Waals surface area contributed by atoms with Gasteiger partial charge in [-0.15, -0.1) is 0 Å². The van der Waals surface area contributed by atoms with E-state index in [1.54, 1.807) is 13.0 Å². The number of aliphatic carboxylic acids is 1. The minimum Gasteiger partial charge on any atom is -0.481 e. The molecule has 0 heterocycles. The zero-order valence-corrected chi connectivity index (χ0v) is 11.6. The van der Waals surface area contributed by atoms with Crippen molar-refractivity contribution in [2.45, 2.75) is 13.3 Å². The number of nitrogens with one attached hydrogen (secondary N) is 1. The first-order chi connectivity index (χ1) is 9.47. The van der Waals surface area contributed by atoms with Gasteiger partial charge in [0.2, 0.25) is 0 Å². The molecule has 1 rings (SSSR count). The van der Waals surface area contributed by atoms with E-state index in [0.29, 0.717) is 17.3 Å². The van der Waals surface area contributed by atoms with Gasteiger partial charge in [-0.05, 0) is 25.1 Å². The van der Waals surface area contributed by atoms with Crippen molar-refractivity contribution in [2.24, 2.45) is 0 Å². The zero-order chi connectivity index (χ0) is 15.1. The summed E-state index contributed by atoms with van der Waals surface area (Å²) in [5.74, 6) is -0.975. The number of anilines is 1. The predicted octanol–water partition coefficient (Wildman–Crippen LogP) is 2.54. The van der Waals surface area contributed by atoms with E-state index < -0.39 is 12.0 Å². The van der Waals surface area contributed by atoms with Gasteiger partial charge in [-0.2, -0.15) is 5.26 Å². The highest BCUT2D eigenvalue weighted by Crippen LogP contribution is 2.20. The fourth-order valence-corrected chi connectivity index (χ4v) is 1.72. The Morgan fingerprint density at radius 3 is 2.75 bits per heavy atom. The number of nitriles is 1. The van der Waals surface area contributed by atoms with Crippen LogP contribution in [0.4, 0.5) is 10.5 Å².